The topological polar surface area (TPSA) is 73.3 Å². The van der Waals surface area contributed by atoms with Gasteiger partial charge in [0.2, 0.25) is 5.91 Å². The summed E-state index contributed by atoms with van der Waals surface area (Å²) in [4.78, 5) is 31.3. The largest absolute Gasteiger partial charge is 0.444 e. The van der Waals surface area contributed by atoms with Gasteiger partial charge in [-0.25, -0.2) is 4.79 Å². The van der Waals surface area contributed by atoms with Crippen LogP contribution in [0.1, 0.15) is 52.9 Å². The molecule has 0 aromatic heterocycles. The maximum Gasteiger partial charge on any atom is 0.411 e. The molecule has 2 saturated heterocycles. The molecule has 7 nitrogen and oxygen atoms in total. The van der Waals surface area contributed by atoms with E-state index in [0.29, 0.717) is 32.1 Å². The minimum atomic E-state index is -0.819. The number of hydrogen-bond acceptors (Lipinski definition) is 5. The molecule has 0 aromatic rings. The Morgan fingerprint density at radius 1 is 0.962 bits per heavy atom. The summed E-state index contributed by atoms with van der Waals surface area (Å²) < 4.78 is 5.43. The van der Waals surface area contributed by atoms with Crippen LogP contribution in [-0.4, -0.2) is 88.3 Å². The molecule has 2 amide bonds. The van der Waals surface area contributed by atoms with Crippen LogP contribution in [0.2, 0.25) is 0 Å². The molecule has 0 aromatic carbocycles. The van der Waals surface area contributed by atoms with Crippen molar-refractivity contribution < 1.29 is 19.4 Å². The van der Waals surface area contributed by atoms with Crippen molar-refractivity contribution in [2.75, 3.05) is 32.7 Å². The highest BCUT2D eigenvalue weighted by molar-refractivity contribution is 5.87. The van der Waals surface area contributed by atoms with Gasteiger partial charge in [-0.05, 0) is 46.5 Å². The highest BCUT2D eigenvalue weighted by Gasteiger charge is 2.44. The average Bonchev–Trinajstić information content (AvgIpc) is 2.72. The predicted molar refractivity (Wildman–Crippen MR) is 97.8 cm³/mol. The highest BCUT2D eigenvalue weighted by Crippen LogP contribution is 2.27. The molecule has 0 spiro atoms. The molecule has 7 heteroatoms. The third-order valence-electron chi connectivity index (χ3n) is 5.68. The Hall–Kier alpha value is -1.34. The lowest BCUT2D eigenvalue weighted by atomic mass is 9.91. The molecule has 3 rings (SSSR count). The van der Waals surface area contributed by atoms with E-state index < -0.39 is 23.8 Å². The fourth-order valence-electron chi connectivity index (χ4n) is 4.06. The average molecular weight is 367 g/mol. The van der Waals surface area contributed by atoms with E-state index in [2.05, 4.69) is 4.90 Å². The molecule has 3 fully saturated rings. The Labute approximate surface area is 156 Å². The van der Waals surface area contributed by atoms with Gasteiger partial charge >= 0.3 is 6.09 Å². The molecule has 26 heavy (non-hydrogen) atoms. The fourth-order valence-corrected chi connectivity index (χ4v) is 4.06. The molecular formula is C19H33N3O4. The number of rotatable bonds is 2. The second-order valence-electron chi connectivity index (χ2n) is 8.77. The summed E-state index contributed by atoms with van der Waals surface area (Å²) in [5.74, 6) is -0.142. The molecule has 1 N–H and O–H groups in total. The third-order valence-corrected chi connectivity index (χ3v) is 5.68. The summed E-state index contributed by atoms with van der Waals surface area (Å²) in [5, 5.41) is 10.4. The van der Waals surface area contributed by atoms with Gasteiger partial charge in [0.25, 0.3) is 0 Å². The lowest BCUT2D eigenvalue weighted by Gasteiger charge is -2.37. The summed E-state index contributed by atoms with van der Waals surface area (Å²) >= 11 is 0. The lowest BCUT2D eigenvalue weighted by molar-refractivity contribution is -0.138. The van der Waals surface area contributed by atoms with Crippen molar-refractivity contribution in [2.24, 2.45) is 0 Å². The number of nitrogens with zero attached hydrogens (tertiary/aromatic N) is 3. The Morgan fingerprint density at radius 3 is 2.31 bits per heavy atom. The van der Waals surface area contributed by atoms with Crippen molar-refractivity contribution in [3.8, 4) is 0 Å². The quantitative estimate of drug-likeness (QED) is 0.800. The summed E-state index contributed by atoms with van der Waals surface area (Å²) in [6.45, 7) is 9.03. The zero-order chi connectivity index (χ0) is 18.9. The monoisotopic (exact) mass is 367 g/mol. The van der Waals surface area contributed by atoms with Crippen LogP contribution in [0.5, 0.6) is 0 Å². The van der Waals surface area contributed by atoms with Crippen molar-refractivity contribution in [1.29, 1.82) is 0 Å². The standard InChI is InChI=1S/C19H33N3O4/c1-19(2,3)26-18(25)22-11-8-15(23)16(22)17(24)21-10-5-9-20(12-13-21)14-6-4-7-14/h14-16,23H,4-13H2,1-3H3/t15-,16-/m0/s1. The molecule has 2 atom stereocenters. The van der Waals surface area contributed by atoms with Crippen molar-refractivity contribution in [3.63, 3.8) is 0 Å². The van der Waals surface area contributed by atoms with E-state index in [1.54, 1.807) is 20.8 Å². The maximum absolute atomic E-state index is 13.1. The van der Waals surface area contributed by atoms with Gasteiger partial charge in [0, 0.05) is 38.8 Å². The molecule has 3 aliphatic rings. The van der Waals surface area contributed by atoms with Gasteiger partial charge in [-0.2, -0.15) is 0 Å². The third kappa shape index (κ3) is 4.31. The second kappa shape index (κ2) is 7.72. The first kappa shape index (κ1) is 19.4. The Bertz CT molecular complexity index is 529. The molecular weight excluding hydrogens is 334 g/mol. The molecule has 2 heterocycles. The number of aliphatic hydroxyl groups is 1. The van der Waals surface area contributed by atoms with Gasteiger partial charge in [0.1, 0.15) is 11.6 Å². The number of carbonyl (C=O) groups is 2. The Morgan fingerprint density at radius 2 is 1.69 bits per heavy atom. The number of aliphatic hydroxyl groups excluding tert-OH is 1. The van der Waals surface area contributed by atoms with E-state index in [4.69, 9.17) is 4.74 Å². The van der Waals surface area contributed by atoms with Crippen LogP contribution in [0.4, 0.5) is 4.79 Å². The van der Waals surface area contributed by atoms with E-state index in [1.165, 1.54) is 24.2 Å². The van der Waals surface area contributed by atoms with Crippen LogP contribution < -0.4 is 0 Å². The van der Waals surface area contributed by atoms with E-state index >= 15 is 0 Å². The summed E-state index contributed by atoms with van der Waals surface area (Å²) in [6, 6.07) is -0.138. The molecule has 0 bridgehead atoms. The van der Waals surface area contributed by atoms with Crippen molar-refractivity contribution in [1.82, 2.24) is 14.7 Å². The molecule has 2 aliphatic heterocycles. The first-order chi connectivity index (χ1) is 12.3. The smallest absolute Gasteiger partial charge is 0.411 e. The van der Waals surface area contributed by atoms with Gasteiger partial charge in [0.05, 0.1) is 6.10 Å². The zero-order valence-corrected chi connectivity index (χ0v) is 16.3. The number of carbonyl (C=O) groups excluding carboxylic acids is 2. The molecule has 1 saturated carbocycles. The first-order valence-corrected chi connectivity index (χ1v) is 9.97. The van der Waals surface area contributed by atoms with Gasteiger partial charge < -0.3 is 14.7 Å². The Balaban J connectivity index is 1.63. The van der Waals surface area contributed by atoms with Gasteiger partial charge in [0.15, 0.2) is 0 Å². The molecule has 1 aliphatic carbocycles. The summed E-state index contributed by atoms with van der Waals surface area (Å²) in [5.41, 5.74) is -0.621. The SMILES string of the molecule is CC(C)(C)OC(=O)N1CC[C@H](O)[C@H]1C(=O)N1CCCN(C2CCC2)CC1. The molecule has 0 unspecified atom stereocenters. The van der Waals surface area contributed by atoms with Gasteiger partial charge in [-0.3, -0.25) is 14.6 Å². The van der Waals surface area contributed by atoms with E-state index in [-0.39, 0.29) is 5.91 Å². The van der Waals surface area contributed by atoms with E-state index in [0.717, 1.165) is 19.5 Å². The van der Waals surface area contributed by atoms with Crippen LogP contribution >= 0.6 is 0 Å². The van der Waals surface area contributed by atoms with Crippen LogP contribution in [0.15, 0.2) is 0 Å². The molecule has 0 radical (unpaired) electrons. The lowest BCUT2D eigenvalue weighted by Crippen LogP contribution is -2.53. The van der Waals surface area contributed by atoms with Gasteiger partial charge in [-0.15, -0.1) is 0 Å². The summed E-state index contributed by atoms with van der Waals surface area (Å²) in [6.07, 6.45) is 3.86. The van der Waals surface area contributed by atoms with Crippen LogP contribution in [-0.2, 0) is 9.53 Å². The zero-order valence-electron chi connectivity index (χ0n) is 16.3. The van der Waals surface area contributed by atoms with E-state index in [1.807, 2.05) is 4.90 Å². The molecule has 148 valence electrons. The first-order valence-electron chi connectivity index (χ1n) is 9.97. The highest BCUT2D eigenvalue weighted by atomic mass is 16.6. The Kier molecular flexibility index (Phi) is 5.77. The van der Waals surface area contributed by atoms with Crippen molar-refractivity contribution in [2.45, 2.75) is 76.7 Å². The van der Waals surface area contributed by atoms with Crippen LogP contribution in [0.25, 0.3) is 0 Å². The predicted octanol–water partition coefficient (Wildman–Crippen LogP) is 1.44. The number of likely N-dealkylation sites (tertiary alicyclic amines) is 1. The minimum Gasteiger partial charge on any atom is -0.444 e. The van der Waals surface area contributed by atoms with Crippen LogP contribution in [0, 0.1) is 0 Å². The van der Waals surface area contributed by atoms with Crippen molar-refractivity contribution >= 4 is 12.0 Å². The minimum absolute atomic E-state index is 0.142. The number of hydrogen-bond donors (Lipinski definition) is 1. The number of amides is 2. The van der Waals surface area contributed by atoms with Crippen LogP contribution in [0.3, 0.4) is 0 Å². The van der Waals surface area contributed by atoms with Gasteiger partial charge in [-0.1, -0.05) is 6.42 Å². The normalized spacial score (nSPS) is 28.6. The summed E-state index contributed by atoms with van der Waals surface area (Å²) in [7, 11) is 0. The second-order valence-corrected chi connectivity index (χ2v) is 8.77. The van der Waals surface area contributed by atoms with E-state index in [9.17, 15) is 14.7 Å². The maximum atomic E-state index is 13.1. The number of ether oxygens (including phenoxy) is 1. The van der Waals surface area contributed by atoms with Crippen molar-refractivity contribution in [3.05, 3.63) is 0 Å². The fraction of sp³-hybridized carbons (Fsp3) is 0.895.